The minimum atomic E-state index is -0.594. The van der Waals surface area contributed by atoms with Crippen LogP contribution in [0.5, 0.6) is 5.75 Å². The summed E-state index contributed by atoms with van der Waals surface area (Å²) >= 11 is 3.32. The first-order chi connectivity index (χ1) is 12.5. The third-order valence-electron chi connectivity index (χ3n) is 3.80. The minimum absolute atomic E-state index is 0.161. The maximum Gasteiger partial charge on any atom is 0.344 e. The zero-order chi connectivity index (χ0) is 18.9. The third kappa shape index (κ3) is 6.52. The Balaban J connectivity index is 1.71. The van der Waals surface area contributed by atoms with Gasteiger partial charge in [0.15, 0.2) is 13.2 Å². The van der Waals surface area contributed by atoms with Gasteiger partial charge >= 0.3 is 5.97 Å². The van der Waals surface area contributed by atoms with E-state index in [1.165, 1.54) is 5.56 Å². The number of ether oxygens (including phenoxy) is 2. The first-order valence-corrected chi connectivity index (χ1v) is 9.19. The molecule has 26 heavy (non-hydrogen) atoms. The summed E-state index contributed by atoms with van der Waals surface area (Å²) in [6, 6.07) is 15.0. The largest absolute Gasteiger partial charge is 0.482 e. The average molecular weight is 420 g/mol. The van der Waals surface area contributed by atoms with Crippen molar-refractivity contribution < 1.29 is 19.1 Å². The molecule has 6 heteroatoms. The summed E-state index contributed by atoms with van der Waals surface area (Å²) in [7, 11) is 0. The molecule has 0 aliphatic rings. The first-order valence-electron chi connectivity index (χ1n) is 8.40. The molecular weight excluding hydrogens is 398 g/mol. The molecule has 0 aliphatic heterocycles. The Morgan fingerprint density at radius 3 is 2.31 bits per heavy atom. The van der Waals surface area contributed by atoms with E-state index in [0.717, 1.165) is 16.5 Å². The van der Waals surface area contributed by atoms with Gasteiger partial charge in [-0.05, 0) is 48.7 Å². The van der Waals surface area contributed by atoms with Gasteiger partial charge in [0.2, 0.25) is 0 Å². The Bertz CT molecular complexity index is 728. The van der Waals surface area contributed by atoms with Gasteiger partial charge in [-0.3, -0.25) is 4.79 Å². The topological polar surface area (TPSA) is 64.6 Å². The van der Waals surface area contributed by atoms with Crippen LogP contribution in [0, 0.1) is 0 Å². The van der Waals surface area contributed by atoms with E-state index in [0.29, 0.717) is 5.75 Å². The number of nitrogens with one attached hydrogen (secondary N) is 1. The molecule has 0 saturated carbocycles. The van der Waals surface area contributed by atoms with E-state index in [-0.39, 0.29) is 25.2 Å². The monoisotopic (exact) mass is 419 g/mol. The molecule has 1 N–H and O–H groups in total. The van der Waals surface area contributed by atoms with Crippen LogP contribution in [0.1, 0.15) is 31.0 Å². The highest BCUT2D eigenvalue weighted by molar-refractivity contribution is 9.10. The van der Waals surface area contributed by atoms with Gasteiger partial charge in [0.25, 0.3) is 5.91 Å². The number of halogens is 1. The van der Waals surface area contributed by atoms with Crippen molar-refractivity contribution >= 4 is 27.8 Å². The number of amides is 1. The molecule has 0 spiro atoms. The summed E-state index contributed by atoms with van der Waals surface area (Å²) in [6.45, 7) is 3.40. The number of esters is 1. The van der Waals surface area contributed by atoms with E-state index in [1.807, 2.05) is 43.3 Å². The average Bonchev–Trinajstić information content (AvgIpc) is 2.66. The van der Waals surface area contributed by atoms with Crippen LogP contribution >= 0.6 is 15.9 Å². The lowest BCUT2D eigenvalue weighted by Crippen LogP contribution is -2.31. The molecule has 0 radical (unpaired) electrons. The van der Waals surface area contributed by atoms with Crippen molar-refractivity contribution in [3.8, 4) is 5.75 Å². The molecule has 1 unspecified atom stereocenters. The van der Waals surface area contributed by atoms with Gasteiger partial charge in [-0.2, -0.15) is 0 Å². The second-order valence-electron chi connectivity index (χ2n) is 5.79. The Morgan fingerprint density at radius 2 is 1.69 bits per heavy atom. The van der Waals surface area contributed by atoms with E-state index in [2.05, 4.69) is 28.2 Å². The standard InChI is InChI=1S/C20H22BrNO4/c1-3-15-4-6-16(7-5-15)14(2)22-19(23)12-26-20(24)13-25-18-10-8-17(21)9-11-18/h4-11,14H,3,12-13H2,1-2H3,(H,22,23). The predicted octanol–water partition coefficient (Wildman–Crippen LogP) is 3.81. The minimum Gasteiger partial charge on any atom is -0.482 e. The summed E-state index contributed by atoms with van der Waals surface area (Å²) in [5.41, 5.74) is 2.24. The van der Waals surface area contributed by atoms with Crippen molar-refractivity contribution in [1.82, 2.24) is 5.32 Å². The van der Waals surface area contributed by atoms with Crippen molar-refractivity contribution in [2.45, 2.75) is 26.3 Å². The van der Waals surface area contributed by atoms with Crippen molar-refractivity contribution in [3.05, 3.63) is 64.1 Å². The van der Waals surface area contributed by atoms with Gasteiger partial charge in [0.1, 0.15) is 5.75 Å². The van der Waals surface area contributed by atoms with Crippen molar-refractivity contribution in [3.63, 3.8) is 0 Å². The SMILES string of the molecule is CCc1ccc(C(C)NC(=O)COC(=O)COc2ccc(Br)cc2)cc1. The highest BCUT2D eigenvalue weighted by Gasteiger charge is 2.12. The summed E-state index contributed by atoms with van der Waals surface area (Å²) in [5, 5.41) is 2.81. The van der Waals surface area contributed by atoms with Crippen LogP contribution in [-0.2, 0) is 20.7 Å². The summed E-state index contributed by atoms with van der Waals surface area (Å²) in [4.78, 5) is 23.6. The van der Waals surface area contributed by atoms with E-state index in [4.69, 9.17) is 9.47 Å². The maximum atomic E-state index is 11.9. The Morgan fingerprint density at radius 1 is 1.04 bits per heavy atom. The van der Waals surface area contributed by atoms with E-state index in [9.17, 15) is 9.59 Å². The number of carbonyl (C=O) groups excluding carboxylic acids is 2. The summed E-state index contributed by atoms with van der Waals surface area (Å²) in [5.74, 6) is -0.393. The van der Waals surface area contributed by atoms with Crippen molar-refractivity contribution in [2.75, 3.05) is 13.2 Å². The van der Waals surface area contributed by atoms with Gasteiger partial charge in [-0.15, -0.1) is 0 Å². The molecule has 2 aromatic carbocycles. The summed E-state index contributed by atoms with van der Waals surface area (Å²) in [6.07, 6.45) is 0.972. The predicted molar refractivity (Wildman–Crippen MR) is 103 cm³/mol. The second kappa shape index (κ2) is 9.97. The normalized spacial score (nSPS) is 11.5. The molecule has 0 heterocycles. The Labute approximate surface area is 161 Å². The van der Waals surface area contributed by atoms with Crippen LogP contribution < -0.4 is 10.1 Å². The number of hydrogen-bond donors (Lipinski definition) is 1. The zero-order valence-corrected chi connectivity index (χ0v) is 16.4. The van der Waals surface area contributed by atoms with Crippen molar-refractivity contribution in [1.29, 1.82) is 0 Å². The number of rotatable bonds is 8. The van der Waals surface area contributed by atoms with Gasteiger partial charge < -0.3 is 14.8 Å². The second-order valence-corrected chi connectivity index (χ2v) is 6.70. The van der Waals surface area contributed by atoms with E-state index < -0.39 is 5.97 Å². The molecule has 1 amide bonds. The number of hydrogen-bond acceptors (Lipinski definition) is 4. The molecular formula is C20H22BrNO4. The van der Waals surface area contributed by atoms with E-state index >= 15 is 0 Å². The summed E-state index contributed by atoms with van der Waals surface area (Å²) < 4.78 is 11.2. The highest BCUT2D eigenvalue weighted by atomic mass is 79.9. The van der Waals surface area contributed by atoms with Crippen LogP contribution in [0.25, 0.3) is 0 Å². The maximum absolute atomic E-state index is 11.9. The number of carbonyl (C=O) groups is 2. The van der Waals surface area contributed by atoms with Gasteiger partial charge in [-0.25, -0.2) is 4.79 Å². The molecule has 5 nitrogen and oxygen atoms in total. The van der Waals surface area contributed by atoms with Crippen LogP contribution in [0.2, 0.25) is 0 Å². The Hall–Kier alpha value is -2.34. The molecule has 138 valence electrons. The fourth-order valence-corrected chi connectivity index (χ4v) is 2.53. The van der Waals surface area contributed by atoms with Crippen LogP contribution in [0.4, 0.5) is 0 Å². The number of aryl methyl sites for hydroxylation is 1. The molecule has 2 aromatic rings. The zero-order valence-electron chi connectivity index (χ0n) is 14.8. The quantitative estimate of drug-likeness (QED) is 0.660. The molecule has 0 bridgehead atoms. The van der Waals surface area contributed by atoms with E-state index in [1.54, 1.807) is 12.1 Å². The molecule has 0 saturated heterocycles. The lowest BCUT2D eigenvalue weighted by Gasteiger charge is -2.15. The fourth-order valence-electron chi connectivity index (χ4n) is 2.27. The molecule has 1 atom stereocenters. The molecule has 0 aliphatic carbocycles. The van der Waals surface area contributed by atoms with Gasteiger partial charge in [-0.1, -0.05) is 47.1 Å². The van der Waals surface area contributed by atoms with Crippen LogP contribution in [-0.4, -0.2) is 25.1 Å². The smallest absolute Gasteiger partial charge is 0.344 e. The molecule has 0 aromatic heterocycles. The van der Waals surface area contributed by atoms with Crippen molar-refractivity contribution in [2.24, 2.45) is 0 Å². The third-order valence-corrected chi connectivity index (χ3v) is 4.33. The van der Waals surface area contributed by atoms with Crippen LogP contribution in [0.15, 0.2) is 53.0 Å². The highest BCUT2D eigenvalue weighted by Crippen LogP contribution is 2.16. The fraction of sp³-hybridized carbons (Fsp3) is 0.300. The molecule has 2 rings (SSSR count). The lowest BCUT2D eigenvalue weighted by atomic mass is 10.1. The first kappa shape index (κ1) is 20.0. The van der Waals surface area contributed by atoms with Gasteiger partial charge in [0.05, 0.1) is 6.04 Å². The lowest BCUT2D eigenvalue weighted by molar-refractivity contribution is -0.150. The molecule has 0 fully saturated rings. The van der Waals surface area contributed by atoms with Crippen LogP contribution in [0.3, 0.4) is 0 Å². The number of benzene rings is 2. The van der Waals surface area contributed by atoms with Gasteiger partial charge in [0, 0.05) is 4.47 Å². The Kier molecular flexibility index (Phi) is 7.66.